The summed E-state index contributed by atoms with van der Waals surface area (Å²) >= 11 is 1.68. The second-order valence-corrected chi connectivity index (χ2v) is 4.77. The summed E-state index contributed by atoms with van der Waals surface area (Å²) < 4.78 is 0. The molecule has 2 heterocycles. The Morgan fingerprint density at radius 2 is 2.39 bits per heavy atom. The first kappa shape index (κ1) is 12.5. The van der Waals surface area contributed by atoms with Crippen LogP contribution in [0.2, 0.25) is 0 Å². The lowest BCUT2D eigenvalue weighted by molar-refractivity contribution is 0.0697. The number of carboxylic acid groups (broad SMARTS) is 1. The first-order valence-corrected chi connectivity index (χ1v) is 6.38. The molecule has 2 aromatic rings. The molecule has 0 amide bonds. The summed E-state index contributed by atoms with van der Waals surface area (Å²) in [6.45, 7) is 2.38. The number of thiophene rings is 1. The van der Waals surface area contributed by atoms with E-state index in [-0.39, 0.29) is 5.56 Å². The van der Waals surface area contributed by atoms with Gasteiger partial charge in [0.15, 0.2) is 0 Å². The standard InChI is InChI=1S/C12H13N3O2S/c1-8-14-7-10(12(16)17)11(15-8)13-5-4-9-3-2-6-18-9/h2-3,6-7H,4-5H2,1H3,(H,16,17)(H,13,14,15). The van der Waals surface area contributed by atoms with Crippen LogP contribution in [-0.4, -0.2) is 27.6 Å². The van der Waals surface area contributed by atoms with Crippen molar-refractivity contribution in [1.82, 2.24) is 9.97 Å². The SMILES string of the molecule is Cc1ncc(C(=O)O)c(NCCc2cccs2)n1. The van der Waals surface area contributed by atoms with Crippen molar-refractivity contribution in [2.24, 2.45) is 0 Å². The van der Waals surface area contributed by atoms with Crippen molar-refractivity contribution >= 4 is 23.1 Å². The third-order valence-electron chi connectivity index (χ3n) is 2.38. The topological polar surface area (TPSA) is 75.1 Å². The van der Waals surface area contributed by atoms with Gasteiger partial charge in [-0.3, -0.25) is 0 Å². The van der Waals surface area contributed by atoms with Gasteiger partial charge in [-0.2, -0.15) is 0 Å². The molecule has 18 heavy (non-hydrogen) atoms. The molecule has 2 N–H and O–H groups in total. The van der Waals surface area contributed by atoms with Gasteiger partial charge < -0.3 is 10.4 Å². The van der Waals surface area contributed by atoms with Crippen molar-refractivity contribution < 1.29 is 9.90 Å². The number of nitrogens with one attached hydrogen (secondary N) is 1. The molecule has 0 spiro atoms. The molecule has 0 fully saturated rings. The molecule has 5 nitrogen and oxygen atoms in total. The number of nitrogens with zero attached hydrogens (tertiary/aromatic N) is 2. The number of aryl methyl sites for hydroxylation is 1. The summed E-state index contributed by atoms with van der Waals surface area (Å²) in [6, 6.07) is 4.05. The molecular weight excluding hydrogens is 250 g/mol. The van der Waals surface area contributed by atoms with Crippen LogP contribution in [-0.2, 0) is 6.42 Å². The van der Waals surface area contributed by atoms with E-state index in [0.717, 1.165) is 6.42 Å². The Balaban J connectivity index is 2.03. The van der Waals surface area contributed by atoms with Crippen molar-refractivity contribution in [2.45, 2.75) is 13.3 Å². The van der Waals surface area contributed by atoms with Crippen molar-refractivity contribution in [3.05, 3.63) is 40.0 Å². The Bertz CT molecular complexity index is 540. The second kappa shape index (κ2) is 5.59. The molecule has 0 aliphatic rings. The monoisotopic (exact) mass is 263 g/mol. The second-order valence-electron chi connectivity index (χ2n) is 3.74. The number of hydrogen-bond donors (Lipinski definition) is 2. The maximum absolute atomic E-state index is 11.0. The average molecular weight is 263 g/mol. The van der Waals surface area contributed by atoms with Crippen LogP contribution in [0, 0.1) is 6.92 Å². The number of aromatic nitrogens is 2. The summed E-state index contributed by atoms with van der Waals surface area (Å²) in [6.07, 6.45) is 2.18. The lowest BCUT2D eigenvalue weighted by Gasteiger charge is -2.08. The molecule has 0 aliphatic carbocycles. The van der Waals surface area contributed by atoms with Crippen LogP contribution in [0.5, 0.6) is 0 Å². The van der Waals surface area contributed by atoms with Gasteiger partial charge in [-0.05, 0) is 24.8 Å². The number of carbonyl (C=O) groups is 1. The number of aromatic carboxylic acids is 1. The minimum atomic E-state index is -1.02. The number of rotatable bonds is 5. The molecule has 0 saturated heterocycles. The van der Waals surface area contributed by atoms with Crippen molar-refractivity contribution in [1.29, 1.82) is 0 Å². The zero-order valence-electron chi connectivity index (χ0n) is 9.88. The van der Waals surface area contributed by atoms with E-state index in [2.05, 4.69) is 21.4 Å². The van der Waals surface area contributed by atoms with E-state index in [9.17, 15) is 4.79 Å². The highest BCUT2D eigenvalue weighted by atomic mass is 32.1. The van der Waals surface area contributed by atoms with Gasteiger partial charge in [0.1, 0.15) is 17.2 Å². The van der Waals surface area contributed by atoms with Crippen molar-refractivity contribution in [2.75, 3.05) is 11.9 Å². The Hall–Kier alpha value is -1.95. The van der Waals surface area contributed by atoms with Crippen LogP contribution in [0.4, 0.5) is 5.82 Å². The van der Waals surface area contributed by atoms with Crippen LogP contribution < -0.4 is 5.32 Å². The molecule has 0 bridgehead atoms. The maximum Gasteiger partial charge on any atom is 0.341 e. The summed E-state index contributed by atoms with van der Waals surface area (Å²) in [4.78, 5) is 20.3. The summed E-state index contributed by atoms with van der Waals surface area (Å²) in [7, 11) is 0. The Morgan fingerprint density at radius 3 is 3.06 bits per heavy atom. The Labute approximate surface area is 109 Å². The molecule has 0 saturated carbocycles. The van der Waals surface area contributed by atoms with Gasteiger partial charge in [-0.1, -0.05) is 6.07 Å². The predicted octanol–water partition coefficient (Wildman–Crippen LogP) is 2.20. The van der Waals surface area contributed by atoms with E-state index in [1.54, 1.807) is 18.3 Å². The van der Waals surface area contributed by atoms with E-state index in [1.807, 2.05) is 11.4 Å². The predicted molar refractivity (Wildman–Crippen MR) is 70.2 cm³/mol. The van der Waals surface area contributed by atoms with Crippen LogP contribution in [0.3, 0.4) is 0 Å². The molecule has 2 aromatic heterocycles. The molecule has 0 radical (unpaired) electrons. The van der Waals surface area contributed by atoms with E-state index in [4.69, 9.17) is 5.11 Å². The Kier molecular flexibility index (Phi) is 3.88. The zero-order chi connectivity index (χ0) is 13.0. The van der Waals surface area contributed by atoms with Crippen LogP contribution in [0.15, 0.2) is 23.7 Å². The van der Waals surface area contributed by atoms with Gasteiger partial charge in [0.25, 0.3) is 0 Å². The summed E-state index contributed by atoms with van der Waals surface area (Å²) in [5, 5.41) is 14.1. The minimum absolute atomic E-state index is 0.103. The van der Waals surface area contributed by atoms with Crippen molar-refractivity contribution in [3.63, 3.8) is 0 Å². The Morgan fingerprint density at radius 1 is 1.56 bits per heavy atom. The first-order valence-electron chi connectivity index (χ1n) is 5.50. The number of hydrogen-bond acceptors (Lipinski definition) is 5. The molecular formula is C12H13N3O2S. The highest BCUT2D eigenvalue weighted by Gasteiger charge is 2.12. The van der Waals surface area contributed by atoms with Gasteiger partial charge in [0.2, 0.25) is 0 Å². The minimum Gasteiger partial charge on any atom is -0.477 e. The molecule has 2 rings (SSSR count). The normalized spacial score (nSPS) is 10.3. The van der Waals surface area contributed by atoms with Crippen LogP contribution in [0.1, 0.15) is 21.1 Å². The molecule has 94 valence electrons. The fourth-order valence-electron chi connectivity index (χ4n) is 1.52. The van der Waals surface area contributed by atoms with E-state index in [1.165, 1.54) is 11.1 Å². The fraction of sp³-hybridized carbons (Fsp3) is 0.250. The third kappa shape index (κ3) is 3.04. The lowest BCUT2D eigenvalue weighted by atomic mass is 10.3. The first-order chi connectivity index (χ1) is 8.66. The lowest BCUT2D eigenvalue weighted by Crippen LogP contribution is -2.12. The average Bonchev–Trinajstić information content (AvgIpc) is 2.82. The fourth-order valence-corrected chi connectivity index (χ4v) is 2.23. The van der Waals surface area contributed by atoms with E-state index < -0.39 is 5.97 Å². The number of carboxylic acids is 1. The van der Waals surface area contributed by atoms with Crippen LogP contribution >= 0.6 is 11.3 Å². The van der Waals surface area contributed by atoms with Gasteiger partial charge in [0.05, 0.1) is 0 Å². The summed E-state index contributed by atoms with van der Waals surface area (Å²) in [5.41, 5.74) is 0.103. The molecule has 6 heteroatoms. The quantitative estimate of drug-likeness (QED) is 0.865. The number of anilines is 1. The van der Waals surface area contributed by atoms with E-state index in [0.29, 0.717) is 18.2 Å². The van der Waals surface area contributed by atoms with Gasteiger partial charge >= 0.3 is 5.97 Å². The maximum atomic E-state index is 11.0. The van der Waals surface area contributed by atoms with Crippen molar-refractivity contribution in [3.8, 4) is 0 Å². The smallest absolute Gasteiger partial charge is 0.341 e. The molecule has 0 aromatic carbocycles. The van der Waals surface area contributed by atoms with Crippen LogP contribution in [0.25, 0.3) is 0 Å². The van der Waals surface area contributed by atoms with Gasteiger partial charge in [-0.25, -0.2) is 14.8 Å². The highest BCUT2D eigenvalue weighted by Crippen LogP contribution is 2.13. The largest absolute Gasteiger partial charge is 0.477 e. The highest BCUT2D eigenvalue weighted by molar-refractivity contribution is 7.09. The van der Waals surface area contributed by atoms with Gasteiger partial charge in [0, 0.05) is 17.6 Å². The molecule has 0 unspecified atom stereocenters. The van der Waals surface area contributed by atoms with Gasteiger partial charge in [-0.15, -0.1) is 11.3 Å². The molecule has 0 aliphatic heterocycles. The summed E-state index contributed by atoms with van der Waals surface area (Å²) in [5.74, 6) is -0.0844. The zero-order valence-corrected chi connectivity index (χ0v) is 10.7. The molecule has 0 atom stereocenters. The van der Waals surface area contributed by atoms with E-state index >= 15 is 0 Å². The third-order valence-corrected chi connectivity index (χ3v) is 3.32.